The lowest BCUT2D eigenvalue weighted by atomic mass is 10.1. The van der Waals surface area contributed by atoms with Crippen LogP contribution in [0.4, 0.5) is 5.69 Å². The summed E-state index contributed by atoms with van der Waals surface area (Å²) in [7, 11) is 0. The third kappa shape index (κ3) is 3.74. The molecule has 0 atom stereocenters. The van der Waals surface area contributed by atoms with E-state index in [1.165, 1.54) is 0 Å². The monoisotopic (exact) mass is 367 g/mol. The van der Waals surface area contributed by atoms with E-state index in [-0.39, 0.29) is 5.91 Å². The van der Waals surface area contributed by atoms with Crippen molar-refractivity contribution in [2.24, 2.45) is 0 Å². The predicted molar refractivity (Wildman–Crippen MR) is 108 cm³/mol. The molecule has 0 spiro atoms. The van der Waals surface area contributed by atoms with E-state index in [1.807, 2.05) is 55.5 Å². The molecule has 0 aliphatic rings. The highest BCUT2D eigenvalue weighted by Gasteiger charge is 2.10. The summed E-state index contributed by atoms with van der Waals surface area (Å²) in [5.41, 5.74) is 4.31. The molecule has 0 aliphatic heterocycles. The quantitative estimate of drug-likeness (QED) is 0.563. The summed E-state index contributed by atoms with van der Waals surface area (Å²) in [5.74, 6) is 5.87. The number of anilines is 1. The van der Waals surface area contributed by atoms with Gasteiger partial charge in [0.15, 0.2) is 0 Å². The van der Waals surface area contributed by atoms with Crippen molar-refractivity contribution >= 4 is 22.6 Å². The van der Waals surface area contributed by atoms with E-state index < -0.39 is 0 Å². The second-order valence-electron chi connectivity index (χ2n) is 6.11. The molecule has 2 aromatic carbocycles. The Bertz CT molecular complexity index is 1200. The number of amides is 1. The molecule has 136 valence electrons. The summed E-state index contributed by atoms with van der Waals surface area (Å²) < 4.78 is 1.79. The van der Waals surface area contributed by atoms with Crippen LogP contribution in [0, 0.1) is 11.8 Å². The number of nitrogens with one attached hydrogen (secondary N) is 1. The first-order valence-corrected chi connectivity index (χ1v) is 8.90. The minimum absolute atomic E-state index is 0.206. The van der Waals surface area contributed by atoms with Crippen LogP contribution >= 0.6 is 0 Å². The average molecular weight is 367 g/mol. The van der Waals surface area contributed by atoms with Crippen LogP contribution in [0.15, 0.2) is 66.9 Å². The fourth-order valence-electron chi connectivity index (χ4n) is 2.80. The Hall–Kier alpha value is -3.98. The van der Waals surface area contributed by atoms with Crippen molar-refractivity contribution in [3.05, 3.63) is 83.7 Å². The number of benzene rings is 2. The van der Waals surface area contributed by atoms with Crippen LogP contribution in [-0.2, 0) is 6.54 Å². The zero-order valence-electron chi connectivity index (χ0n) is 15.3. The van der Waals surface area contributed by atoms with Crippen LogP contribution in [0.25, 0.3) is 11.0 Å². The molecule has 4 aromatic rings. The zero-order chi connectivity index (χ0) is 19.3. The molecule has 0 bridgehead atoms. The smallest absolute Gasteiger partial charge is 0.255 e. The Labute approximate surface area is 162 Å². The van der Waals surface area contributed by atoms with Gasteiger partial charge in [-0.15, -0.1) is 5.10 Å². The van der Waals surface area contributed by atoms with Gasteiger partial charge in [-0.05, 0) is 61.4 Å². The number of aromatic nitrogens is 4. The molecule has 4 rings (SSSR count). The highest BCUT2D eigenvalue weighted by molar-refractivity contribution is 6.05. The highest BCUT2D eigenvalue weighted by atomic mass is 16.1. The number of fused-ring (bicyclic) bond motifs is 1. The van der Waals surface area contributed by atoms with Crippen molar-refractivity contribution in [2.75, 3.05) is 5.32 Å². The summed E-state index contributed by atoms with van der Waals surface area (Å²) in [6.45, 7) is 2.73. The number of hydrogen-bond donors (Lipinski definition) is 1. The molecule has 0 unspecified atom stereocenters. The lowest BCUT2D eigenvalue weighted by Crippen LogP contribution is -2.11. The van der Waals surface area contributed by atoms with Gasteiger partial charge in [-0.1, -0.05) is 23.3 Å². The van der Waals surface area contributed by atoms with Crippen molar-refractivity contribution in [3.8, 4) is 11.8 Å². The van der Waals surface area contributed by atoms with E-state index in [1.54, 1.807) is 23.0 Å². The van der Waals surface area contributed by atoms with Crippen molar-refractivity contribution in [3.63, 3.8) is 0 Å². The van der Waals surface area contributed by atoms with Gasteiger partial charge in [0.2, 0.25) is 0 Å². The number of carbonyl (C=O) groups is 1. The van der Waals surface area contributed by atoms with E-state index in [4.69, 9.17) is 0 Å². The predicted octanol–water partition coefficient (Wildman–Crippen LogP) is 3.50. The van der Waals surface area contributed by atoms with E-state index in [9.17, 15) is 4.79 Å². The van der Waals surface area contributed by atoms with Crippen molar-refractivity contribution in [1.29, 1.82) is 0 Å². The first-order valence-electron chi connectivity index (χ1n) is 8.90. The SMILES string of the molecule is CCn1nnc2cc(C(=O)Nc3cccc(C#Cc4ccccn4)c3)ccc21. The van der Waals surface area contributed by atoms with Crippen LogP contribution in [0.1, 0.15) is 28.5 Å². The standard InChI is InChI=1S/C22H17N5O/c1-2-27-21-12-10-17(15-20(21)25-26-27)22(28)24-19-8-5-6-16(14-19)9-11-18-7-3-4-13-23-18/h3-8,10,12-15H,2H2,1H3,(H,24,28). The molecule has 0 saturated carbocycles. The fourth-order valence-corrected chi connectivity index (χ4v) is 2.80. The van der Waals surface area contributed by atoms with Crippen LogP contribution in [-0.4, -0.2) is 25.9 Å². The van der Waals surface area contributed by atoms with Gasteiger partial charge in [-0.3, -0.25) is 4.79 Å². The summed E-state index contributed by atoms with van der Waals surface area (Å²) in [6, 6.07) is 18.4. The maximum Gasteiger partial charge on any atom is 0.255 e. The second-order valence-corrected chi connectivity index (χ2v) is 6.11. The number of aryl methyl sites for hydroxylation is 1. The Morgan fingerprint density at radius 3 is 2.82 bits per heavy atom. The Balaban J connectivity index is 1.53. The van der Waals surface area contributed by atoms with Crippen LogP contribution in [0.2, 0.25) is 0 Å². The molecular formula is C22H17N5O. The van der Waals surface area contributed by atoms with Crippen molar-refractivity contribution < 1.29 is 4.79 Å². The van der Waals surface area contributed by atoms with Crippen molar-refractivity contribution in [1.82, 2.24) is 20.0 Å². The lowest BCUT2D eigenvalue weighted by Gasteiger charge is -2.06. The molecular weight excluding hydrogens is 350 g/mol. The average Bonchev–Trinajstić information content (AvgIpc) is 3.15. The van der Waals surface area contributed by atoms with Gasteiger partial charge in [0.25, 0.3) is 5.91 Å². The van der Waals surface area contributed by atoms with Crippen molar-refractivity contribution in [2.45, 2.75) is 13.5 Å². The molecule has 2 heterocycles. The Morgan fingerprint density at radius 1 is 1.07 bits per heavy atom. The molecule has 1 amide bonds. The van der Waals surface area contributed by atoms with Crippen LogP contribution in [0.3, 0.4) is 0 Å². The van der Waals surface area contributed by atoms with Gasteiger partial charge in [-0.2, -0.15) is 0 Å². The maximum atomic E-state index is 12.6. The third-order valence-electron chi connectivity index (χ3n) is 4.20. The molecule has 0 saturated heterocycles. The lowest BCUT2D eigenvalue weighted by molar-refractivity contribution is 0.102. The van der Waals surface area contributed by atoms with E-state index >= 15 is 0 Å². The number of nitrogens with zero attached hydrogens (tertiary/aromatic N) is 4. The molecule has 6 heteroatoms. The highest BCUT2D eigenvalue weighted by Crippen LogP contribution is 2.16. The topological polar surface area (TPSA) is 72.7 Å². The summed E-state index contributed by atoms with van der Waals surface area (Å²) in [4.78, 5) is 16.8. The summed E-state index contributed by atoms with van der Waals surface area (Å²) in [5, 5.41) is 11.1. The largest absolute Gasteiger partial charge is 0.322 e. The van der Waals surface area contributed by atoms with E-state index in [2.05, 4.69) is 32.5 Å². The second kappa shape index (κ2) is 7.72. The normalized spacial score (nSPS) is 10.3. The summed E-state index contributed by atoms with van der Waals surface area (Å²) >= 11 is 0. The Morgan fingerprint density at radius 2 is 2.00 bits per heavy atom. The Kier molecular flexibility index (Phi) is 4.81. The fraction of sp³-hybridized carbons (Fsp3) is 0.0909. The van der Waals surface area contributed by atoms with Gasteiger partial charge in [-0.25, -0.2) is 9.67 Å². The summed E-state index contributed by atoms with van der Waals surface area (Å²) in [6.07, 6.45) is 1.70. The number of hydrogen-bond acceptors (Lipinski definition) is 4. The van der Waals surface area contributed by atoms with Gasteiger partial charge in [0.05, 0.1) is 5.52 Å². The van der Waals surface area contributed by atoms with Gasteiger partial charge in [0.1, 0.15) is 11.2 Å². The first kappa shape index (κ1) is 17.4. The maximum absolute atomic E-state index is 12.6. The molecule has 0 aliphatic carbocycles. The zero-order valence-corrected chi connectivity index (χ0v) is 15.3. The van der Waals surface area contributed by atoms with Crippen LogP contribution in [0.5, 0.6) is 0 Å². The number of rotatable bonds is 3. The first-order chi connectivity index (χ1) is 13.7. The molecule has 6 nitrogen and oxygen atoms in total. The number of pyridine rings is 1. The van der Waals surface area contributed by atoms with Gasteiger partial charge >= 0.3 is 0 Å². The molecule has 2 aromatic heterocycles. The van der Waals surface area contributed by atoms with Crippen LogP contribution < -0.4 is 5.32 Å². The van der Waals surface area contributed by atoms with Gasteiger partial charge in [0, 0.05) is 29.6 Å². The van der Waals surface area contributed by atoms with Gasteiger partial charge < -0.3 is 5.32 Å². The van der Waals surface area contributed by atoms with E-state index in [0.717, 1.165) is 17.6 Å². The van der Waals surface area contributed by atoms with E-state index in [0.29, 0.717) is 22.5 Å². The minimum atomic E-state index is -0.206. The molecule has 1 N–H and O–H groups in total. The molecule has 0 fully saturated rings. The number of carbonyl (C=O) groups excluding carboxylic acids is 1. The minimum Gasteiger partial charge on any atom is -0.322 e. The molecule has 28 heavy (non-hydrogen) atoms. The molecule has 0 radical (unpaired) electrons. The third-order valence-corrected chi connectivity index (χ3v) is 4.20.